The van der Waals surface area contributed by atoms with Crippen molar-refractivity contribution in [3.05, 3.63) is 320 Å². The van der Waals surface area contributed by atoms with Crippen molar-refractivity contribution < 1.29 is 4.42 Å². The van der Waals surface area contributed by atoms with E-state index in [1.54, 1.807) is 0 Å². The fourth-order valence-corrected chi connectivity index (χ4v) is 12.1. The van der Waals surface area contributed by atoms with E-state index in [0.29, 0.717) is 0 Å². The van der Waals surface area contributed by atoms with Gasteiger partial charge in [-0.3, -0.25) is 0 Å². The molecule has 0 amide bonds. The van der Waals surface area contributed by atoms with Gasteiger partial charge in [0.2, 0.25) is 0 Å². The standard InChI is InChI=1S/C73H49NO/c1-5-21-51(22-6-1)59-48-43-54(49-65(59)52-23-7-2-8-24-52)50-39-44-57(45-40-50)74(58-46-41-53(42-47-58)60-32-20-38-70-72(60)64-31-15-18-37-69(64)75-70)68-36-17-14-29-61(68)62-33-19-35-67-71(62)63-30-13-16-34-66(63)73(67,55-25-9-3-10-26-55)56-27-11-4-12-28-56/h1-49H. The maximum atomic E-state index is 6.35. The van der Waals surface area contributed by atoms with Crippen LogP contribution in [0.3, 0.4) is 0 Å². The quantitative estimate of drug-likeness (QED) is 0.136. The number of benzene rings is 12. The zero-order chi connectivity index (χ0) is 49.7. The molecule has 13 aromatic rings. The third kappa shape index (κ3) is 7.33. The van der Waals surface area contributed by atoms with Gasteiger partial charge in [-0.1, -0.05) is 249 Å². The van der Waals surface area contributed by atoms with Crippen LogP contribution in [0.1, 0.15) is 22.3 Å². The number of hydrogen-bond donors (Lipinski definition) is 0. The van der Waals surface area contributed by atoms with Crippen LogP contribution in [0.15, 0.2) is 302 Å². The highest BCUT2D eigenvalue weighted by Crippen LogP contribution is 2.59. The smallest absolute Gasteiger partial charge is 0.136 e. The Morgan fingerprint density at radius 3 is 1.45 bits per heavy atom. The van der Waals surface area contributed by atoms with E-state index in [2.05, 4.69) is 296 Å². The van der Waals surface area contributed by atoms with E-state index >= 15 is 0 Å². The Hall–Kier alpha value is -9.76. The van der Waals surface area contributed by atoms with Crippen LogP contribution in [0.5, 0.6) is 0 Å². The average Bonchev–Trinajstić information content (AvgIpc) is 4.03. The molecule has 0 unspecified atom stereocenters. The molecule has 12 aromatic carbocycles. The molecule has 0 radical (unpaired) electrons. The van der Waals surface area contributed by atoms with Crippen LogP contribution in [-0.4, -0.2) is 0 Å². The average molecular weight is 956 g/mol. The van der Waals surface area contributed by atoms with Gasteiger partial charge in [-0.15, -0.1) is 0 Å². The molecule has 75 heavy (non-hydrogen) atoms. The Balaban J connectivity index is 0.944. The molecule has 1 aliphatic carbocycles. The zero-order valence-electron chi connectivity index (χ0n) is 41.1. The van der Waals surface area contributed by atoms with Crippen molar-refractivity contribution in [2.24, 2.45) is 0 Å². The summed E-state index contributed by atoms with van der Waals surface area (Å²) in [6.07, 6.45) is 0. The summed E-state index contributed by atoms with van der Waals surface area (Å²) in [7, 11) is 0. The third-order valence-electron chi connectivity index (χ3n) is 15.4. The van der Waals surface area contributed by atoms with Gasteiger partial charge < -0.3 is 9.32 Å². The van der Waals surface area contributed by atoms with Gasteiger partial charge >= 0.3 is 0 Å². The van der Waals surface area contributed by atoms with E-state index in [1.807, 2.05) is 6.07 Å². The van der Waals surface area contributed by atoms with Crippen molar-refractivity contribution in [1.82, 2.24) is 0 Å². The molecule has 2 heteroatoms. The highest BCUT2D eigenvalue weighted by Gasteiger charge is 2.47. The number of fused-ring (bicyclic) bond motifs is 6. The molecule has 0 N–H and O–H groups in total. The fourth-order valence-electron chi connectivity index (χ4n) is 12.1. The van der Waals surface area contributed by atoms with E-state index in [1.165, 1.54) is 61.2 Å². The molecule has 1 heterocycles. The number of furan rings is 1. The normalized spacial score (nSPS) is 12.4. The van der Waals surface area contributed by atoms with Crippen molar-refractivity contribution in [3.8, 4) is 66.8 Å². The van der Waals surface area contributed by atoms with Crippen LogP contribution in [0.25, 0.3) is 88.7 Å². The van der Waals surface area contributed by atoms with Crippen LogP contribution in [0.2, 0.25) is 0 Å². The SMILES string of the molecule is c1ccc(-c2ccc(-c3ccc(N(c4ccc(-c5cccc6oc7ccccc7c56)cc4)c4ccccc4-c4cccc5c4-c4ccccc4C5(c4ccccc4)c4ccccc4)cc3)cc2-c2ccccc2)cc1. The summed E-state index contributed by atoms with van der Waals surface area (Å²) in [6, 6.07) is 108. The fraction of sp³-hybridized carbons (Fsp3) is 0.0137. The van der Waals surface area contributed by atoms with Crippen LogP contribution >= 0.6 is 0 Å². The molecule has 0 spiro atoms. The minimum absolute atomic E-state index is 0.520. The molecule has 0 bridgehead atoms. The Labute approximate surface area is 437 Å². The second kappa shape index (κ2) is 18.4. The Morgan fingerprint density at radius 1 is 0.280 bits per heavy atom. The second-order valence-corrected chi connectivity index (χ2v) is 19.5. The predicted octanol–water partition coefficient (Wildman–Crippen LogP) is 19.8. The van der Waals surface area contributed by atoms with Gasteiger partial charge in [0, 0.05) is 27.7 Å². The molecule has 2 nitrogen and oxygen atoms in total. The molecule has 0 saturated carbocycles. The van der Waals surface area contributed by atoms with Crippen LogP contribution in [0, 0.1) is 0 Å². The van der Waals surface area contributed by atoms with E-state index in [9.17, 15) is 0 Å². The third-order valence-corrected chi connectivity index (χ3v) is 15.4. The van der Waals surface area contributed by atoms with Crippen molar-refractivity contribution in [2.45, 2.75) is 5.41 Å². The lowest BCUT2D eigenvalue weighted by Crippen LogP contribution is -2.28. The zero-order valence-corrected chi connectivity index (χ0v) is 41.1. The van der Waals surface area contributed by atoms with E-state index < -0.39 is 5.41 Å². The topological polar surface area (TPSA) is 16.4 Å². The van der Waals surface area contributed by atoms with Crippen LogP contribution < -0.4 is 4.90 Å². The molecule has 1 aromatic heterocycles. The van der Waals surface area contributed by atoms with Crippen LogP contribution in [-0.2, 0) is 5.41 Å². The minimum atomic E-state index is -0.520. The van der Waals surface area contributed by atoms with Crippen molar-refractivity contribution >= 4 is 39.0 Å². The summed E-state index contributed by atoms with van der Waals surface area (Å²) in [5, 5.41) is 2.25. The predicted molar refractivity (Wildman–Crippen MR) is 313 cm³/mol. The molecular weight excluding hydrogens is 907 g/mol. The molecule has 0 saturated heterocycles. The first kappa shape index (κ1) is 44.0. The van der Waals surface area contributed by atoms with Gasteiger partial charge in [0.15, 0.2) is 0 Å². The van der Waals surface area contributed by atoms with Gasteiger partial charge in [-0.25, -0.2) is 0 Å². The summed E-state index contributed by atoms with van der Waals surface area (Å²) in [6.45, 7) is 0. The van der Waals surface area contributed by atoms with Crippen LogP contribution in [0.4, 0.5) is 17.1 Å². The summed E-state index contributed by atoms with van der Waals surface area (Å²) in [4.78, 5) is 2.44. The lowest BCUT2D eigenvalue weighted by Gasteiger charge is -2.34. The van der Waals surface area contributed by atoms with Crippen molar-refractivity contribution in [2.75, 3.05) is 4.90 Å². The Morgan fingerprint density at radius 2 is 0.760 bits per heavy atom. The number of para-hydroxylation sites is 2. The van der Waals surface area contributed by atoms with Gasteiger partial charge in [0.05, 0.1) is 11.1 Å². The number of anilines is 3. The molecule has 0 atom stereocenters. The number of nitrogens with zero attached hydrogens (tertiary/aromatic N) is 1. The summed E-state index contributed by atoms with van der Waals surface area (Å²) >= 11 is 0. The molecule has 1 aliphatic rings. The molecule has 0 fully saturated rings. The molecule has 14 rings (SSSR count). The lowest BCUT2D eigenvalue weighted by atomic mass is 9.67. The minimum Gasteiger partial charge on any atom is -0.456 e. The van der Waals surface area contributed by atoms with E-state index in [0.717, 1.165) is 66.8 Å². The lowest BCUT2D eigenvalue weighted by molar-refractivity contribution is 0.669. The number of rotatable bonds is 10. The van der Waals surface area contributed by atoms with E-state index in [4.69, 9.17) is 4.42 Å². The summed E-state index contributed by atoms with van der Waals surface area (Å²) in [5.41, 5.74) is 23.8. The summed E-state index contributed by atoms with van der Waals surface area (Å²) < 4.78 is 6.35. The Bertz CT molecular complexity index is 4160. The van der Waals surface area contributed by atoms with E-state index in [-0.39, 0.29) is 0 Å². The highest BCUT2D eigenvalue weighted by atomic mass is 16.3. The Kier molecular flexibility index (Phi) is 10.8. The van der Waals surface area contributed by atoms with Gasteiger partial charge in [-0.2, -0.15) is 0 Å². The first-order chi connectivity index (χ1) is 37.2. The van der Waals surface area contributed by atoms with Gasteiger partial charge in [-0.05, 0) is 132 Å². The van der Waals surface area contributed by atoms with Gasteiger partial charge in [0.25, 0.3) is 0 Å². The maximum Gasteiger partial charge on any atom is 0.136 e. The second-order valence-electron chi connectivity index (χ2n) is 19.5. The molecule has 0 aliphatic heterocycles. The van der Waals surface area contributed by atoms with Gasteiger partial charge in [0.1, 0.15) is 11.2 Å². The highest BCUT2D eigenvalue weighted by molar-refractivity contribution is 6.12. The van der Waals surface area contributed by atoms with Crippen molar-refractivity contribution in [3.63, 3.8) is 0 Å². The largest absolute Gasteiger partial charge is 0.456 e. The molecular formula is C73H49NO. The maximum absolute atomic E-state index is 6.35. The monoisotopic (exact) mass is 955 g/mol. The molecule has 352 valence electrons. The summed E-state index contributed by atoms with van der Waals surface area (Å²) in [5.74, 6) is 0. The first-order valence-corrected chi connectivity index (χ1v) is 25.8. The number of hydrogen-bond acceptors (Lipinski definition) is 2. The van der Waals surface area contributed by atoms with Crippen molar-refractivity contribution in [1.29, 1.82) is 0 Å². The first-order valence-electron chi connectivity index (χ1n) is 25.8.